The van der Waals surface area contributed by atoms with Gasteiger partial charge in [-0.1, -0.05) is 23.4 Å². The maximum atomic E-state index is 12.2. The molecule has 13 nitrogen and oxygen atoms in total. The number of fused-ring (bicyclic) bond motifs is 3. The monoisotopic (exact) mass is 558 g/mol. The van der Waals surface area contributed by atoms with E-state index in [0.717, 1.165) is 5.39 Å². The molecule has 0 atom stereocenters. The summed E-state index contributed by atoms with van der Waals surface area (Å²) in [4.78, 5) is 12.2. The average Bonchev–Trinajstić information content (AvgIpc) is 3.58. The molecule has 1 aliphatic heterocycles. The average molecular weight is 558 g/mol. The minimum absolute atomic E-state index is 0.223. The van der Waals surface area contributed by atoms with Crippen molar-refractivity contribution in [3.63, 3.8) is 0 Å². The van der Waals surface area contributed by atoms with E-state index >= 15 is 0 Å². The maximum Gasteiger partial charge on any atom is 0.522 e. The molecule has 0 saturated carbocycles. The highest BCUT2D eigenvalue weighted by atomic mass is 19.4. The van der Waals surface area contributed by atoms with Crippen molar-refractivity contribution in [2.24, 2.45) is 0 Å². The van der Waals surface area contributed by atoms with Gasteiger partial charge in [-0.15, -0.1) is 28.5 Å². The van der Waals surface area contributed by atoms with Gasteiger partial charge in [-0.25, -0.2) is 5.43 Å². The summed E-state index contributed by atoms with van der Waals surface area (Å²) in [6.45, 7) is -0.646. The van der Waals surface area contributed by atoms with Crippen LogP contribution in [0.1, 0.15) is 5.76 Å². The Morgan fingerprint density at radius 1 is 1.20 bits per heavy atom. The van der Waals surface area contributed by atoms with E-state index in [4.69, 9.17) is 14.0 Å². The summed E-state index contributed by atoms with van der Waals surface area (Å²) in [5, 5.41) is 21.4. The van der Waals surface area contributed by atoms with Gasteiger partial charge in [0.15, 0.2) is 17.1 Å². The van der Waals surface area contributed by atoms with Crippen LogP contribution in [0.2, 0.25) is 0 Å². The molecule has 4 aromatic rings. The van der Waals surface area contributed by atoms with Gasteiger partial charge in [-0.05, 0) is 18.2 Å². The number of rotatable bonds is 10. The number of alkyl halides is 3. The van der Waals surface area contributed by atoms with Crippen LogP contribution in [-0.4, -0.2) is 57.5 Å². The van der Waals surface area contributed by atoms with Gasteiger partial charge in [0.1, 0.15) is 12.9 Å². The van der Waals surface area contributed by atoms with E-state index in [2.05, 4.69) is 41.4 Å². The number of nitrogens with one attached hydrogen (secondary N) is 3. The van der Waals surface area contributed by atoms with Crippen molar-refractivity contribution >= 4 is 22.3 Å². The van der Waals surface area contributed by atoms with Crippen LogP contribution in [0.4, 0.5) is 13.2 Å². The molecule has 3 N–H and O–H groups in total. The Balaban J connectivity index is 1.29. The van der Waals surface area contributed by atoms with Crippen molar-refractivity contribution in [2.45, 2.75) is 13.0 Å². The van der Waals surface area contributed by atoms with Crippen LogP contribution in [-0.2, 0) is 20.9 Å². The Bertz CT molecular complexity index is 1630. The molecule has 0 fully saturated rings. The number of carbonyl (C=O) groups excluding carboxylic acids is 1. The van der Waals surface area contributed by atoms with Gasteiger partial charge >= 0.3 is 6.36 Å². The molecule has 4 heterocycles. The number of hydrogen-bond acceptors (Lipinski definition) is 11. The van der Waals surface area contributed by atoms with Crippen LogP contribution in [0.5, 0.6) is 5.88 Å². The lowest BCUT2D eigenvalue weighted by Crippen LogP contribution is -2.40. The van der Waals surface area contributed by atoms with Crippen molar-refractivity contribution < 1.29 is 36.7 Å². The Hall–Kier alpha value is -4.80. The molecule has 3 aromatic heterocycles. The van der Waals surface area contributed by atoms with Gasteiger partial charge in [-0.2, -0.15) is 4.52 Å². The van der Waals surface area contributed by atoms with Crippen molar-refractivity contribution in [1.82, 2.24) is 41.1 Å². The predicted molar refractivity (Wildman–Crippen MR) is 132 cm³/mol. The third-order valence-corrected chi connectivity index (χ3v) is 5.40. The number of carbonyl (C=O) groups is 1. The van der Waals surface area contributed by atoms with Gasteiger partial charge in [0.25, 0.3) is 5.91 Å². The first-order chi connectivity index (χ1) is 19.3. The molecule has 1 aromatic carbocycles. The van der Waals surface area contributed by atoms with E-state index in [9.17, 15) is 18.0 Å². The van der Waals surface area contributed by atoms with Crippen molar-refractivity contribution in [1.29, 1.82) is 0 Å². The molecule has 16 heteroatoms. The number of methoxy groups -OCH3 is 1. The van der Waals surface area contributed by atoms with Crippen LogP contribution in [0, 0.1) is 0 Å². The largest absolute Gasteiger partial charge is 0.522 e. The third kappa shape index (κ3) is 6.09. The molecule has 40 heavy (non-hydrogen) atoms. The first-order valence-electron chi connectivity index (χ1n) is 11.7. The van der Waals surface area contributed by atoms with E-state index in [1.807, 2.05) is 24.3 Å². The highest BCUT2D eigenvalue weighted by Crippen LogP contribution is 2.29. The molecule has 0 spiro atoms. The van der Waals surface area contributed by atoms with E-state index in [-0.39, 0.29) is 24.6 Å². The first kappa shape index (κ1) is 26.8. The molecule has 5 rings (SSSR count). The zero-order chi connectivity index (χ0) is 28.1. The SMILES string of the molecule is COCc1cc(-c2nnc3c4ccccc4c(OC=C4C=CC(C(=O)NNCCOC(F)(F)F)=CN4)nn23)no1. The number of ether oxygens (including phenoxy) is 3. The lowest BCUT2D eigenvalue weighted by atomic mass is 10.2. The predicted octanol–water partition coefficient (Wildman–Crippen LogP) is 2.50. The van der Waals surface area contributed by atoms with Crippen LogP contribution in [0.3, 0.4) is 0 Å². The highest BCUT2D eigenvalue weighted by molar-refractivity contribution is 5.97. The minimum atomic E-state index is -4.73. The van der Waals surface area contributed by atoms with Crippen LogP contribution in [0.25, 0.3) is 27.9 Å². The second-order valence-electron chi connectivity index (χ2n) is 8.16. The number of benzene rings is 1. The topological polar surface area (TPSA) is 150 Å². The molecule has 0 saturated heterocycles. The van der Waals surface area contributed by atoms with E-state index in [0.29, 0.717) is 34.0 Å². The molecule has 0 aliphatic carbocycles. The number of nitrogens with zero attached hydrogens (tertiary/aromatic N) is 5. The summed E-state index contributed by atoms with van der Waals surface area (Å²) < 4.78 is 57.3. The summed E-state index contributed by atoms with van der Waals surface area (Å²) in [7, 11) is 1.54. The van der Waals surface area contributed by atoms with Crippen molar-refractivity contribution in [3.8, 4) is 17.4 Å². The summed E-state index contributed by atoms with van der Waals surface area (Å²) >= 11 is 0. The number of hydrazine groups is 1. The molecule has 1 aliphatic rings. The summed E-state index contributed by atoms with van der Waals surface area (Å²) in [6.07, 6.45) is 1.17. The summed E-state index contributed by atoms with van der Waals surface area (Å²) in [6, 6.07) is 9.06. The standard InChI is InChI=1S/C24H21F3N8O5/c1-37-13-16-10-19(34-40-16)21-31-30-20-17-4-2-3-5-18(17)23(33-35(20)21)38-12-15-7-6-14(11-28-15)22(36)32-29-8-9-39-24(25,26)27/h2-7,10-12,28-29H,8-9,13H2,1H3,(H,32,36). The minimum Gasteiger partial charge on any atom is -0.443 e. The lowest BCUT2D eigenvalue weighted by molar-refractivity contribution is -0.323. The smallest absolute Gasteiger partial charge is 0.443 e. The molecular formula is C24H21F3N8O5. The van der Waals surface area contributed by atoms with Crippen molar-refractivity contribution in [2.75, 3.05) is 20.3 Å². The van der Waals surface area contributed by atoms with Crippen LogP contribution in [0.15, 0.2) is 70.7 Å². The quantitative estimate of drug-likeness (QED) is 0.150. The molecular weight excluding hydrogens is 537 g/mol. The normalized spacial score (nSPS) is 14.5. The van der Waals surface area contributed by atoms with Gasteiger partial charge in [0.05, 0.1) is 17.9 Å². The first-order valence-corrected chi connectivity index (χ1v) is 11.7. The fraction of sp³-hybridized carbons (Fsp3) is 0.208. The summed E-state index contributed by atoms with van der Waals surface area (Å²) in [5.74, 6) is 0.553. The molecule has 1 amide bonds. The fourth-order valence-corrected chi connectivity index (χ4v) is 3.63. The molecule has 0 bridgehead atoms. The van der Waals surface area contributed by atoms with E-state index < -0.39 is 18.9 Å². The third-order valence-electron chi connectivity index (χ3n) is 5.40. The van der Waals surface area contributed by atoms with Crippen molar-refractivity contribution in [3.05, 3.63) is 72.0 Å². The lowest BCUT2D eigenvalue weighted by Gasteiger charge is -2.13. The highest BCUT2D eigenvalue weighted by Gasteiger charge is 2.28. The Labute approximate surface area is 223 Å². The Kier molecular flexibility index (Phi) is 7.72. The summed E-state index contributed by atoms with van der Waals surface area (Å²) in [5.41, 5.74) is 6.28. The Morgan fingerprint density at radius 2 is 2.02 bits per heavy atom. The number of allylic oxidation sites excluding steroid dienone is 1. The number of amides is 1. The number of aromatic nitrogens is 5. The maximum absolute atomic E-state index is 12.2. The second-order valence-corrected chi connectivity index (χ2v) is 8.16. The zero-order valence-electron chi connectivity index (χ0n) is 20.7. The van der Waals surface area contributed by atoms with Gasteiger partial charge < -0.3 is 19.3 Å². The van der Waals surface area contributed by atoms with E-state index in [1.54, 1.807) is 19.3 Å². The molecule has 0 radical (unpaired) electrons. The van der Waals surface area contributed by atoms with Crippen LogP contribution < -0.4 is 20.9 Å². The van der Waals surface area contributed by atoms with Crippen LogP contribution >= 0.6 is 0 Å². The fourth-order valence-electron chi connectivity index (χ4n) is 3.63. The number of halogens is 3. The molecule has 208 valence electrons. The number of hydrogen-bond donors (Lipinski definition) is 3. The van der Waals surface area contributed by atoms with Gasteiger partial charge in [0.2, 0.25) is 11.7 Å². The van der Waals surface area contributed by atoms with E-state index in [1.165, 1.54) is 23.1 Å². The zero-order valence-corrected chi connectivity index (χ0v) is 20.7. The molecule has 0 unspecified atom stereocenters. The van der Waals surface area contributed by atoms with Gasteiger partial charge in [0, 0.05) is 36.7 Å². The van der Waals surface area contributed by atoms with Gasteiger partial charge in [-0.3, -0.25) is 15.0 Å². The number of dihydropyridines is 1. The second kappa shape index (κ2) is 11.5. The Morgan fingerprint density at radius 3 is 2.77 bits per heavy atom.